The molecule has 0 radical (unpaired) electrons. The number of para-hydroxylation sites is 1. The Morgan fingerprint density at radius 2 is 2.05 bits per heavy atom. The first-order chi connectivity index (χ1) is 18.2. The van der Waals surface area contributed by atoms with Crippen molar-refractivity contribution in [2.24, 2.45) is 17.0 Å². The number of carbonyl (C=O) groups is 1. The second kappa shape index (κ2) is 15.8. The fraction of sp³-hybridized carbons (Fsp3) is 0.516. The van der Waals surface area contributed by atoms with Crippen LogP contribution in [-0.2, 0) is 0 Å². The van der Waals surface area contributed by atoms with Gasteiger partial charge in [0, 0.05) is 13.1 Å². The summed E-state index contributed by atoms with van der Waals surface area (Å²) in [5, 5.41) is 26.4. The zero-order valence-corrected chi connectivity index (χ0v) is 23.2. The first-order valence-electron chi connectivity index (χ1n) is 13.5. The van der Waals surface area contributed by atoms with E-state index in [9.17, 15) is 19.9 Å². The summed E-state index contributed by atoms with van der Waals surface area (Å²) >= 11 is 0. The van der Waals surface area contributed by atoms with Crippen LogP contribution < -0.4 is 5.32 Å². The zero-order valence-electron chi connectivity index (χ0n) is 23.2. The molecule has 206 valence electrons. The Hall–Kier alpha value is -3.37. The number of hydrogen-bond acceptors (Lipinski definition) is 6. The van der Waals surface area contributed by atoms with E-state index < -0.39 is 6.04 Å². The summed E-state index contributed by atoms with van der Waals surface area (Å²) in [5.41, 5.74) is 2.52. The van der Waals surface area contributed by atoms with Gasteiger partial charge in [-0.05, 0) is 85.9 Å². The van der Waals surface area contributed by atoms with Crippen LogP contribution in [0.25, 0.3) is 0 Å². The number of anilines is 1. The number of terminal acetylenes is 1. The van der Waals surface area contributed by atoms with Gasteiger partial charge in [-0.2, -0.15) is 0 Å². The maximum Gasteiger partial charge on any atom is 0.257 e. The van der Waals surface area contributed by atoms with Gasteiger partial charge in [0.05, 0.1) is 17.9 Å². The molecular weight excluding hydrogens is 478 g/mol. The van der Waals surface area contributed by atoms with Crippen molar-refractivity contribution in [1.29, 1.82) is 0 Å². The number of benzene rings is 1. The minimum atomic E-state index is -0.812. The van der Waals surface area contributed by atoms with E-state index in [2.05, 4.69) is 50.2 Å². The van der Waals surface area contributed by atoms with Gasteiger partial charge in [0.2, 0.25) is 0 Å². The van der Waals surface area contributed by atoms with Crippen molar-refractivity contribution in [1.82, 2.24) is 4.90 Å². The number of hydrogen-bond donors (Lipinski definition) is 3. The summed E-state index contributed by atoms with van der Waals surface area (Å²) in [6.07, 6.45) is 17.3. The number of nitrogens with one attached hydrogen (secondary N) is 1. The first-order valence-corrected chi connectivity index (χ1v) is 13.5. The lowest BCUT2D eigenvalue weighted by Crippen LogP contribution is -2.40. The Bertz CT molecular complexity index is 1080. The van der Waals surface area contributed by atoms with E-state index in [1.807, 2.05) is 0 Å². The van der Waals surface area contributed by atoms with Crippen LogP contribution in [0.4, 0.5) is 11.4 Å². The van der Waals surface area contributed by atoms with E-state index in [-0.39, 0.29) is 41.8 Å². The molecule has 38 heavy (non-hydrogen) atoms. The van der Waals surface area contributed by atoms with E-state index in [1.165, 1.54) is 36.6 Å². The zero-order chi connectivity index (χ0) is 28.1. The monoisotopic (exact) mass is 521 g/mol. The Balaban J connectivity index is 2.23. The highest BCUT2D eigenvalue weighted by atomic mass is 16.3. The average molecular weight is 522 g/mol. The molecular formula is C31H43N3O4. The summed E-state index contributed by atoms with van der Waals surface area (Å²) in [7, 11) is 0. The summed E-state index contributed by atoms with van der Waals surface area (Å²) in [6.45, 7) is 9.03. The molecule has 0 fully saturated rings. The fourth-order valence-electron chi connectivity index (χ4n) is 4.51. The van der Waals surface area contributed by atoms with Crippen LogP contribution in [0.5, 0.6) is 0 Å². The van der Waals surface area contributed by atoms with E-state index in [0.717, 1.165) is 31.6 Å². The number of amides is 1. The Morgan fingerprint density at radius 1 is 1.29 bits per heavy atom. The van der Waals surface area contributed by atoms with Crippen molar-refractivity contribution in [3.63, 3.8) is 0 Å². The molecule has 1 amide bonds. The van der Waals surface area contributed by atoms with Crippen molar-refractivity contribution < 1.29 is 15.0 Å². The maximum absolute atomic E-state index is 13.8. The topological polar surface area (TPSA) is 102 Å². The molecule has 3 N–H and O–H groups in total. The maximum atomic E-state index is 13.8. The molecule has 7 heteroatoms. The lowest BCUT2D eigenvalue weighted by Gasteiger charge is -2.29. The van der Waals surface area contributed by atoms with Crippen LogP contribution in [0.3, 0.4) is 0 Å². The van der Waals surface area contributed by atoms with E-state index in [4.69, 9.17) is 6.42 Å². The largest absolute Gasteiger partial charge is 0.508 e. The minimum Gasteiger partial charge on any atom is -0.508 e. The molecule has 2 unspecified atom stereocenters. The van der Waals surface area contributed by atoms with Crippen LogP contribution in [0.15, 0.2) is 58.5 Å². The van der Waals surface area contributed by atoms with Gasteiger partial charge in [-0.3, -0.25) is 4.79 Å². The van der Waals surface area contributed by atoms with Crippen LogP contribution >= 0.6 is 0 Å². The van der Waals surface area contributed by atoms with Gasteiger partial charge < -0.3 is 20.4 Å². The van der Waals surface area contributed by atoms with E-state index in [1.54, 1.807) is 17.0 Å². The molecule has 1 heterocycles. The van der Waals surface area contributed by atoms with E-state index >= 15 is 0 Å². The van der Waals surface area contributed by atoms with Gasteiger partial charge in [-0.25, -0.2) is 0 Å². The molecule has 0 aromatic heterocycles. The Labute approximate surface area is 227 Å². The van der Waals surface area contributed by atoms with Gasteiger partial charge in [-0.1, -0.05) is 50.8 Å². The second-order valence-electron chi connectivity index (χ2n) is 10.6. The van der Waals surface area contributed by atoms with Crippen molar-refractivity contribution in [3.05, 3.63) is 63.8 Å². The number of nitrogens with zero attached hydrogens (tertiary/aromatic N) is 2. The number of aliphatic hydroxyl groups is 2. The molecule has 0 spiro atoms. The molecule has 0 saturated carbocycles. The molecule has 1 aromatic rings. The lowest BCUT2D eigenvalue weighted by molar-refractivity contribution is 0.0734. The molecule has 0 saturated heterocycles. The van der Waals surface area contributed by atoms with Crippen molar-refractivity contribution >= 4 is 17.3 Å². The van der Waals surface area contributed by atoms with Crippen LogP contribution in [0, 0.1) is 29.1 Å². The summed E-state index contributed by atoms with van der Waals surface area (Å²) in [5.74, 6) is 3.20. The first kappa shape index (κ1) is 30.9. The Morgan fingerprint density at radius 3 is 2.71 bits per heavy atom. The molecule has 1 aliphatic rings. The third-order valence-electron chi connectivity index (χ3n) is 6.88. The van der Waals surface area contributed by atoms with Gasteiger partial charge >= 0.3 is 0 Å². The van der Waals surface area contributed by atoms with Crippen molar-refractivity contribution in [2.45, 2.75) is 72.3 Å². The normalized spacial score (nSPS) is 20.2. The summed E-state index contributed by atoms with van der Waals surface area (Å²) in [4.78, 5) is 26.8. The van der Waals surface area contributed by atoms with Crippen LogP contribution in [0.2, 0.25) is 0 Å². The molecule has 1 aliphatic heterocycles. The number of aliphatic hydroxyl groups excluding tert-OH is 2. The molecule has 7 nitrogen and oxygen atoms in total. The van der Waals surface area contributed by atoms with Crippen molar-refractivity contribution in [2.75, 3.05) is 25.0 Å². The molecule has 0 bridgehead atoms. The molecule has 2 rings (SSSR count). The van der Waals surface area contributed by atoms with Crippen LogP contribution in [0.1, 0.15) is 76.6 Å². The molecule has 1 aromatic carbocycles. The predicted octanol–water partition coefficient (Wildman–Crippen LogP) is 6.89. The fourth-order valence-corrected chi connectivity index (χ4v) is 4.51. The summed E-state index contributed by atoms with van der Waals surface area (Å²) < 4.78 is 0. The van der Waals surface area contributed by atoms with Gasteiger partial charge in [0.15, 0.2) is 0 Å². The highest BCUT2D eigenvalue weighted by Crippen LogP contribution is 2.31. The smallest absolute Gasteiger partial charge is 0.257 e. The van der Waals surface area contributed by atoms with Crippen molar-refractivity contribution in [3.8, 4) is 12.3 Å². The minimum absolute atomic E-state index is 0.0886. The highest BCUT2D eigenvalue weighted by molar-refractivity contribution is 6.02. The lowest BCUT2D eigenvalue weighted by atomic mass is 9.98. The number of allylic oxidation sites excluding steroid dienone is 3. The number of rotatable bonds is 12. The Kier molecular flexibility index (Phi) is 12.8. The predicted molar refractivity (Wildman–Crippen MR) is 155 cm³/mol. The standard InChI is InChI=1S/C31H43N3O4/c1-6-26-19-27(36)18-25(21-35)20-32-30-28(14-9-15-29(30)33-38)31(37)34(26)17-16-24(5)13-8-12-23(4)11-7-10-22(2)3/h1,9,12,14-15,18-19,22,24,26,32,35-36H,7-8,10-11,13,16-17,20-21H2,2-5H3/b23-12+,25-18+,27-19+. The third-order valence-corrected chi connectivity index (χ3v) is 6.88. The SMILES string of the molecule is C#CC1/C=C(O)\C=C(\CO)CNc2c(N=O)cccc2C(=O)N1CCC(C)CC/C=C(\C)CCCC(C)C. The van der Waals surface area contributed by atoms with Crippen LogP contribution in [-0.4, -0.2) is 46.8 Å². The number of carbonyl (C=O) groups excluding carboxylic acids is 1. The number of nitroso groups, excluding NO2 is 1. The average Bonchev–Trinajstić information content (AvgIpc) is 2.90. The molecule has 2 atom stereocenters. The second-order valence-corrected chi connectivity index (χ2v) is 10.6. The number of fused-ring (bicyclic) bond motifs is 1. The molecule has 0 aliphatic carbocycles. The summed E-state index contributed by atoms with van der Waals surface area (Å²) in [6, 6.07) is 3.94. The van der Waals surface area contributed by atoms with Gasteiger partial charge in [0.25, 0.3) is 5.91 Å². The van der Waals surface area contributed by atoms with E-state index in [0.29, 0.717) is 18.0 Å². The van der Waals surface area contributed by atoms with Gasteiger partial charge in [0.1, 0.15) is 17.5 Å². The highest BCUT2D eigenvalue weighted by Gasteiger charge is 2.27. The quantitative estimate of drug-likeness (QED) is 0.158. The van der Waals surface area contributed by atoms with Gasteiger partial charge in [-0.15, -0.1) is 11.3 Å². The third kappa shape index (κ3) is 9.50.